The summed E-state index contributed by atoms with van der Waals surface area (Å²) in [5.74, 6) is -0.178. The lowest BCUT2D eigenvalue weighted by atomic mass is 9.95. The molecule has 0 saturated heterocycles. The molecular formula is C27H24N4O. The first-order chi connectivity index (χ1) is 15.6. The van der Waals surface area contributed by atoms with Gasteiger partial charge in [-0.15, -0.1) is 0 Å². The second kappa shape index (κ2) is 9.32. The third kappa shape index (κ3) is 4.30. The molecule has 4 rings (SSSR count). The molecule has 0 fully saturated rings. The highest BCUT2D eigenvalue weighted by atomic mass is 16.1. The molecule has 0 bridgehead atoms. The Morgan fingerprint density at radius 2 is 1.59 bits per heavy atom. The Kier molecular flexibility index (Phi) is 6.14. The third-order valence-corrected chi connectivity index (χ3v) is 5.64. The largest absolute Gasteiger partial charge is 0.348 e. The lowest BCUT2D eigenvalue weighted by Gasteiger charge is -2.12. The molecule has 0 aliphatic heterocycles. The predicted molar refractivity (Wildman–Crippen MR) is 125 cm³/mol. The van der Waals surface area contributed by atoms with Crippen molar-refractivity contribution in [1.29, 1.82) is 5.26 Å². The van der Waals surface area contributed by atoms with Crippen LogP contribution in [0.4, 0.5) is 0 Å². The zero-order valence-electron chi connectivity index (χ0n) is 18.2. The number of amides is 1. The Morgan fingerprint density at radius 1 is 0.938 bits per heavy atom. The predicted octanol–water partition coefficient (Wildman–Crippen LogP) is 5.02. The fraction of sp³-hybridized carbons (Fsp3) is 0.148. The van der Waals surface area contributed by atoms with Crippen molar-refractivity contribution in [3.8, 4) is 17.2 Å². The van der Waals surface area contributed by atoms with Crippen molar-refractivity contribution in [3.63, 3.8) is 0 Å². The first-order valence-corrected chi connectivity index (χ1v) is 10.5. The van der Waals surface area contributed by atoms with Crippen LogP contribution in [0.15, 0.2) is 78.9 Å². The average molecular weight is 421 g/mol. The summed E-state index contributed by atoms with van der Waals surface area (Å²) >= 11 is 0. The van der Waals surface area contributed by atoms with E-state index in [0.29, 0.717) is 24.2 Å². The number of benzene rings is 3. The van der Waals surface area contributed by atoms with Crippen LogP contribution < -0.4 is 5.32 Å². The molecule has 0 aliphatic rings. The molecule has 1 N–H and O–H groups in total. The van der Waals surface area contributed by atoms with Crippen molar-refractivity contribution >= 4 is 5.91 Å². The number of carbonyl (C=O) groups excluding carboxylic acids is 1. The molecule has 0 atom stereocenters. The van der Waals surface area contributed by atoms with Crippen LogP contribution in [0.1, 0.15) is 38.4 Å². The third-order valence-electron chi connectivity index (χ3n) is 5.64. The smallest absolute Gasteiger partial charge is 0.252 e. The Bertz CT molecular complexity index is 1300. The molecule has 1 aromatic heterocycles. The van der Waals surface area contributed by atoms with Crippen molar-refractivity contribution < 1.29 is 4.79 Å². The summed E-state index contributed by atoms with van der Waals surface area (Å²) in [4.78, 5) is 13.1. The van der Waals surface area contributed by atoms with Crippen molar-refractivity contribution in [1.82, 2.24) is 15.1 Å². The number of aryl methyl sites for hydroxylation is 1. The van der Waals surface area contributed by atoms with Gasteiger partial charge in [0.05, 0.1) is 23.9 Å². The van der Waals surface area contributed by atoms with Crippen LogP contribution in [0.25, 0.3) is 11.1 Å². The van der Waals surface area contributed by atoms with Crippen molar-refractivity contribution in [3.05, 3.63) is 113 Å². The molecule has 3 aromatic carbocycles. The van der Waals surface area contributed by atoms with Gasteiger partial charge in [0.1, 0.15) is 0 Å². The molecular weight excluding hydrogens is 396 g/mol. The standard InChI is InChI=1S/C27H24N4O/c1-19-26(20(2)31(30-19)18-21-10-4-3-5-11-21)17-29-27(32)25-15-9-8-14-24(25)23-13-7-6-12-22(23)16-28/h3-15H,17-18H2,1-2H3,(H,29,32). The van der Waals surface area contributed by atoms with E-state index in [-0.39, 0.29) is 5.91 Å². The number of hydrogen-bond donors (Lipinski definition) is 1. The van der Waals surface area contributed by atoms with Gasteiger partial charge in [-0.3, -0.25) is 9.48 Å². The van der Waals surface area contributed by atoms with Crippen LogP contribution in [-0.2, 0) is 13.1 Å². The minimum Gasteiger partial charge on any atom is -0.348 e. The number of nitriles is 1. The number of nitrogens with one attached hydrogen (secondary N) is 1. The fourth-order valence-electron chi connectivity index (χ4n) is 3.90. The van der Waals surface area contributed by atoms with Crippen molar-refractivity contribution in [2.24, 2.45) is 0 Å². The van der Waals surface area contributed by atoms with Gasteiger partial charge in [-0.05, 0) is 37.1 Å². The summed E-state index contributed by atoms with van der Waals surface area (Å²) in [6, 6.07) is 27.1. The summed E-state index contributed by atoms with van der Waals surface area (Å²) in [5.41, 5.74) is 6.72. The lowest BCUT2D eigenvalue weighted by molar-refractivity contribution is 0.0951. The number of rotatable bonds is 6. The van der Waals surface area contributed by atoms with Crippen LogP contribution in [0, 0.1) is 25.2 Å². The van der Waals surface area contributed by atoms with Crippen molar-refractivity contribution in [2.75, 3.05) is 0 Å². The van der Waals surface area contributed by atoms with Gasteiger partial charge in [0.25, 0.3) is 5.91 Å². The van der Waals surface area contributed by atoms with Gasteiger partial charge in [-0.2, -0.15) is 10.4 Å². The lowest BCUT2D eigenvalue weighted by Crippen LogP contribution is -2.24. The Hall–Kier alpha value is -4.17. The Labute approximate surface area is 188 Å². The molecule has 32 heavy (non-hydrogen) atoms. The molecule has 1 amide bonds. The van der Waals surface area contributed by atoms with E-state index in [9.17, 15) is 10.1 Å². The van der Waals surface area contributed by atoms with Crippen LogP contribution in [0.5, 0.6) is 0 Å². The van der Waals surface area contributed by atoms with Gasteiger partial charge in [0.15, 0.2) is 0 Å². The minimum absolute atomic E-state index is 0.178. The number of carbonyl (C=O) groups is 1. The summed E-state index contributed by atoms with van der Waals surface area (Å²) < 4.78 is 1.98. The van der Waals surface area contributed by atoms with E-state index in [0.717, 1.165) is 28.1 Å². The summed E-state index contributed by atoms with van der Waals surface area (Å²) in [5, 5.41) is 17.2. The van der Waals surface area contributed by atoms with E-state index in [1.54, 1.807) is 12.1 Å². The van der Waals surface area contributed by atoms with Crippen LogP contribution >= 0.6 is 0 Å². The molecule has 0 saturated carbocycles. The van der Waals surface area contributed by atoms with E-state index in [4.69, 9.17) is 0 Å². The highest BCUT2D eigenvalue weighted by molar-refractivity contribution is 6.01. The first-order valence-electron chi connectivity index (χ1n) is 10.5. The van der Waals surface area contributed by atoms with Gasteiger partial charge in [0.2, 0.25) is 0 Å². The maximum Gasteiger partial charge on any atom is 0.252 e. The number of aromatic nitrogens is 2. The first kappa shape index (κ1) is 21.1. The fourth-order valence-corrected chi connectivity index (χ4v) is 3.90. The maximum absolute atomic E-state index is 13.1. The van der Waals surface area contributed by atoms with E-state index >= 15 is 0 Å². The molecule has 1 heterocycles. The Morgan fingerprint density at radius 3 is 2.34 bits per heavy atom. The molecule has 0 radical (unpaired) electrons. The van der Waals surface area contributed by atoms with Gasteiger partial charge >= 0.3 is 0 Å². The maximum atomic E-state index is 13.1. The van der Waals surface area contributed by atoms with E-state index in [1.807, 2.05) is 73.1 Å². The highest BCUT2D eigenvalue weighted by Gasteiger charge is 2.17. The van der Waals surface area contributed by atoms with E-state index in [1.165, 1.54) is 5.56 Å². The van der Waals surface area contributed by atoms with Crippen LogP contribution in [-0.4, -0.2) is 15.7 Å². The summed E-state index contributed by atoms with van der Waals surface area (Å²) in [6.07, 6.45) is 0. The number of hydrogen-bond acceptors (Lipinski definition) is 3. The SMILES string of the molecule is Cc1nn(Cc2ccccc2)c(C)c1CNC(=O)c1ccccc1-c1ccccc1C#N. The zero-order chi connectivity index (χ0) is 22.5. The van der Waals surface area contributed by atoms with E-state index in [2.05, 4.69) is 28.6 Å². The van der Waals surface area contributed by atoms with Crippen LogP contribution in [0.3, 0.4) is 0 Å². The quantitative estimate of drug-likeness (QED) is 0.476. The molecule has 5 heteroatoms. The van der Waals surface area contributed by atoms with Gasteiger partial charge in [-0.1, -0.05) is 66.7 Å². The summed E-state index contributed by atoms with van der Waals surface area (Å²) in [7, 11) is 0. The highest BCUT2D eigenvalue weighted by Crippen LogP contribution is 2.27. The molecule has 158 valence electrons. The van der Waals surface area contributed by atoms with Crippen LogP contribution in [0.2, 0.25) is 0 Å². The summed E-state index contributed by atoms with van der Waals surface area (Å²) in [6.45, 7) is 5.07. The van der Waals surface area contributed by atoms with Gasteiger partial charge in [0, 0.05) is 28.9 Å². The normalized spacial score (nSPS) is 10.5. The van der Waals surface area contributed by atoms with Gasteiger partial charge in [-0.25, -0.2) is 0 Å². The monoisotopic (exact) mass is 420 g/mol. The molecule has 5 nitrogen and oxygen atoms in total. The average Bonchev–Trinajstić information content (AvgIpc) is 3.10. The van der Waals surface area contributed by atoms with E-state index < -0.39 is 0 Å². The second-order valence-electron chi connectivity index (χ2n) is 7.68. The molecule has 0 spiro atoms. The zero-order valence-corrected chi connectivity index (χ0v) is 18.2. The Balaban J connectivity index is 1.55. The molecule has 0 aliphatic carbocycles. The van der Waals surface area contributed by atoms with Crippen molar-refractivity contribution in [2.45, 2.75) is 26.9 Å². The second-order valence-corrected chi connectivity index (χ2v) is 7.68. The van der Waals surface area contributed by atoms with Gasteiger partial charge < -0.3 is 5.32 Å². The molecule has 0 unspecified atom stereocenters. The molecule has 4 aromatic rings. The minimum atomic E-state index is -0.178. The topological polar surface area (TPSA) is 70.7 Å². The number of nitrogens with zero attached hydrogens (tertiary/aromatic N) is 3.